The van der Waals surface area contributed by atoms with Crippen LogP contribution in [0, 0.1) is 20.8 Å². The molecule has 0 amide bonds. The minimum atomic E-state index is -0.135. The van der Waals surface area contributed by atoms with Gasteiger partial charge in [0, 0.05) is 23.6 Å². The maximum atomic E-state index is 12.4. The number of oxazole rings is 1. The Labute approximate surface area is 154 Å². The average Bonchev–Trinajstić information content (AvgIpc) is 3.18. The number of thioether (sulfide) groups is 1. The summed E-state index contributed by atoms with van der Waals surface area (Å²) in [5, 5.41) is 3.58. The number of nitrogens with zero attached hydrogens (tertiary/aromatic N) is 3. The van der Waals surface area contributed by atoms with E-state index in [1.54, 1.807) is 0 Å². The molecule has 0 fully saturated rings. The number of hydrogen-bond acceptors (Lipinski definition) is 5. The maximum Gasteiger partial charge on any atom is 0.272 e. The van der Waals surface area contributed by atoms with Crippen LogP contribution in [-0.2, 0) is 5.75 Å². The summed E-state index contributed by atoms with van der Waals surface area (Å²) in [5.74, 6) is 1.33. The second-order valence-corrected chi connectivity index (χ2v) is 7.13. The van der Waals surface area contributed by atoms with Crippen molar-refractivity contribution in [2.24, 2.45) is 0 Å². The highest BCUT2D eigenvalue weighted by atomic mass is 32.2. The highest BCUT2D eigenvalue weighted by Crippen LogP contribution is 2.26. The fourth-order valence-electron chi connectivity index (χ4n) is 2.69. The molecule has 0 atom stereocenters. The molecule has 26 heavy (non-hydrogen) atoms. The Morgan fingerprint density at radius 2 is 1.92 bits per heavy atom. The minimum absolute atomic E-state index is 0.135. The monoisotopic (exact) mass is 366 g/mol. The number of aromatic amines is 1. The Bertz CT molecular complexity index is 1120. The first-order chi connectivity index (χ1) is 12.5. The van der Waals surface area contributed by atoms with Crippen molar-refractivity contribution in [2.45, 2.75) is 31.7 Å². The molecule has 0 aliphatic carbocycles. The summed E-state index contributed by atoms with van der Waals surface area (Å²) in [6.45, 7) is 5.84. The molecule has 1 aromatic carbocycles. The van der Waals surface area contributed by atoms with Gasteiger partial charge in [0.05, 0.1) is 11.4 Å². The smallest absolute Gasteiger partial charge is 0.272 e. The first kappa shape index (κ1) is 16.7. The second kappa shape index (κ2) is 6.49. The van der Waals surface area contributed by atoms with Crippen LogP contribution < -0.4 is 5.56 Å². The van der Waals surface area contributed by atoms with Gasteiger partial charge in [0.15, 0.2) is 5.65 Å². The number of nitrogens with one attached hydrogen (secondary N) is 1. The van der Waals surface area contributed by atoms with Crippen LogP contribution in [-0.4, -0.2) is 19.6 Å². The molecule has 0 unspecified atom stereocenters. The minimum Gasteiger partial charge on any atom is -0.437 e. The SMILES string of the molecule is Cc1ccc(-c2c[nH]n3c(=O)cc(CSc4nc(C)c(C)o4)nc23)cc1. The van der Waals surface area contributed by atoms with Gasteiger partial charge in [0.1, 0.15) is 5.76 Å². The van der Waals surface area contributed by atoms with Crippen molar-refractivity contribution in [1.29, 1.82) is 0 Å². The van der Waals surface area contributed by atoms with E-state index in [0.29, 0.717) is 22.3 Å². The lowest BCUT2D eigenvalue weighted by Crippen LogP contribution is -2.15. The van der Waals surface area contributed by atoms with Crippen molar-refractivity contribution >= 4 is 17.4 Å². The molecule has 0 aliphatic rings. The Morgan fingerprint density at radius 1 is 1.15 bits per heavy atom. The number of rotatable bonds is 4. The van der Waals surface area contributed by atoms with Crippen molar-refractivity contribution in [3.63, 3.8) is 0 Å². The summed E-state index contributed by atoms with van der Waals surface area (Å²) in [6, 6.07) is 9.70. The molecule has 0 bridgehead atoms. The Morgan fingerprint density at radius 3 is 2.62 bits per heavy atom. The molecular formula is C19H18N4O2S. The summed E-state index contributed by atoms with van der Waals surface area (Å²) >= 11 is 1.43. The summed E-state index contributed by atoms with van der Waals surface area (Å²) in [5.41, 5.74) is 5.17. The molecule has 0 saturated heterocycles. The van der Waals surface area contributed by atoms with E-state index >= 15 is 0 Å². The van der Waals surface area contributed by atoms with Gasteiger partial charge in [-0.25, -0.2) is 14.5 Å². The average molecular weight is 366 g/mol. The standard InChI is InChI=1S/C19H18N4O2S/c1-11-4-6-14(7-5-11)16-9-20-23-17(24)8-15(22-18(16)23)10-26-19-21-12(2)13(3)25-19/h4-9,20H,10H2,1-3H3. The molecule has 0 radical (unpaired) electrons. The molecule has 3 aromatic heterocycles. The third kappa shape index (κ3) is 3.06. The summed E-state index contributed by atoms with van der Waals surface area (Å²) in [6.07, 6.45) is 1.81. The van der Waals surface area contributed by atoms with Crippen LogP contribution in [0.3, 0.4) is 0 Å². The Kier molecular flexibility index (Phi) is 4.16. The van der Waals surface area contributed by atoms with Gasteiger partial charge in [-0.05, 0) is 26.3 Å². The van der Waals surface area contributed by atoms with Gasteiger partial charge in [-0.15, -0.1) is 0 Å². The van der Waals surface area contributed by atoms with Gasteiger partial charge in [-0.3, -0.25) is 9.89 Å². The Hall–Kier alpha value is -2.80. The fourth-order valence-corrected chi connectivity index (χ4v) is 3.49. The highest BCUT2D eigenvalue weighted by molar-refractivity contribution is 7.98. The molecule has 0 spiro atoms. The van der Waals surface area contributed by atoms with E-state index in [1.165, 1.54) is 27.9 Å². The maximum absolute atomic E-state index is 12.4. The molecule has 4 rings (SSSR count). The lowest BCUT2D eigenvalue weighted by molar-refractivity contribution is 0.431. The lowest BCUT2D eigenvalue weighted by atomic mass is 10.1. The predicted octanol–water partition coefficient (Wildman–Crippen LogP) is 3.90. The van der Waals surface area contributed by atoms with Crippen LogP contribution in [0.1, 0.15) is 22.7 Å². The topological polar surface area (TPSA) is 76.2 Å². The van der Waals surface area contributed by atoms with Crippen LogP contribution in [0.25, 0.3) is 16.8 Å². The van der Waals surface area contributed by atoms with Crippen molar-refractivity contribution in [2.75, 3.05) is 0 Å². The van der Waals surface area contributed by atoms with Gasteiger partial charge in [0.25, 0.3) is 10.8 Å². The first-order valence-electron chi connectivity index (χ1n) is 8.25. The zero-order chi connectivity index (χ0) is 18.3. The highest BCUT2D eigenvalue weighted by Gasteiger charge is 2.12. The zero-order valence-electron chi connectivity index (χ0n) is 14.7. The van der Waals surface area contributed by atoms with E-state index in [-0.39, 0.29) is 5.56 Å². The summed E-state index contributed by atoms with van der Waals surface area (Å²) < 4.78 is 7.04. The molecule has 0 saturated carbocycles. The first-order valence-corrected chi connectivity index (χ1v) is 9.24. The second-order valence-electron chi connectivity index (χ2n) is 6.21. The number of fused-ring (bicyclic) bond motifs is 1. The van der Waals surface area contributed by atoms with E-state index in [2.05, 4.69) is 15.1 Å². The van der Waals surface area contributed by atoms with Gasteiger partial charge in [-0.1, -0.05) is 41.6 Å². The molecule has 1 N–H and O–H groups in total. The van der Waals surface area contributed by atoms with Crippen molar-refractivity contribution in [1.82, 2.24) is 19.6 Å². The van der Waals surface area contributed by atoms with Gasteiger partial charge >= 0.3 is 0 Å². The lowest BCUT2D eigenvalue weighted by Gasteiger charge is -2.02. The number of H-pyrrole nitrogens is 1. The predicted molar refractivity (Wildman–Crippen MR) is 102 cm³/mol. The van der Waals surface area contributed by atoms with E-state index in [4.69, 9.17) is 4.42 Å². The van der Waals surface area contributed by atoms with Gasteiger partial charge in [0.2, 0.25) is 0 Å². The number of hydrogen-bond donors (Lipinski definition) is 1. The summed E-state index contributed by atoms with van der Waals surface area (Å²) in [4.78, 5) is 21.4. The van der Waals surface area contributed by atoms with E-state index in [1.807, 2.05) is 51.2 Å². The molecule has 0 aliphatic heterocycles. The van der Waals surface area contributed by atoms with Crippen molar-refractivity contribution < 1.29 is 4.42 Å². The number of aryl methyl sites for hydroxylation is 3. The van der Waals surface area contributed by atoms with Crippen LogP contribution in [0.5, 0.6) is 0 Å². The zero-order valence-corrected chi connectivity index (χ0v) is 15.6. The third-order valence-corrected chi connectivity index (χ3v) is 5.13. The van der Waals surface area contributed by atoms with Crippen molar-refractivity contribution in [3.8, 4) is 11.1 Å². The molecule has 6 nitrogen and oxygen atoms in total. The van der Waals surface area contributed by atoms with Crippen LogP contribution >= 0.6 is 11.8 Å². The number of benzene rings is 1. The molecule has 7 heteroatoms. The summed E-state index contributed by atoms with van der Waals surface area (Å²) in [7, 11) is 0. The Balaban J connectivity index is 1.69. The van der Waals surface area contributed by atoms with Crippen LogP contribution in [0.4, 0.5) is 0 Å². The molecular weight excluding hydrogens is 348 g/mol. The van der Waals surface area contributed by atoms with E-state index in [9.17, 15) is 4.79 Å². The van der Waals surface area contributed by atoms with E-state index < -0.39 is 0 Å². The molecule has 3 heterocycles. The van der Waals surface area contributed by atoms with E-state index in [0.717, 1.165) is 22.6 Å². The fraction of sp³-hybridized carbons (Fsp3) is 0.211. The quantitative estimate of drug-likeness (QED) is 0.555. The largest absolute Gasteiger partial charge is 0.437 e. The van der Waals surface area contributed by atoms with Crippen LogP contribution in [0.15, 0.2) is 51.0 Å². The van der Waals surface area contributed by atoms with Crippen LogP contribution in [0.2, 0.25) is 0 Å². The van der Waals surface area contributed by atoms with Gasteiger partial charge < -0.3 is 4.42 Å². The van der Waals surface area contributed by atoms with Gasteiger partial charge in [-0.2, -0.15) is 0 Å². The third-order valence-electron chi connectivity index (χ3n) is 4.27. The van der Waals surface area contributed by atoms with Crippen molar-refractivity contribution in [3.05, 3.63) is 69.6 Å². The molecule has 4 aromatic rings. The normalized spacial score (nSPS) is 11.3. The number of aromatic nitrogens is 4. The molecule has 132 valence electrons.